The number of piperidine rings is 1. The molecule has 5 nitrogen and oxygen atoms in total. The third-order valence-corrected chi connectivity index (χ3v) is 5.62. The Morgan fingerprint density at radius 1 is 1.45 bits per heavy atom. The lowest BCUT2D eigenvalue weighted by molar-refractivity contribution is 0.00940. The number of aryl methyl sites for hydroxylation is 1. The van der Waals surface area contributed by atoms with Gasteiger partial charge in [-0.3, -0.25) is 0 Å². The fourth-order valence-corrected chi connectivity index (χ4v) is 4.22. The van der Waals surface area contributed by atoms with Gasteiger partial charge in [0.2, 0.25) is 10.0 Å². The number of β-amino-alcohol motifs (C(OH)–C–C–N with tert-alkyl or cyclic N) is 1. The van der Waals surface area contributed by atoms with Crippen LogP contribution in [0.4, 0.5) is 5.69 Å². The molecule has 1 aliphatic rings. The lowest BCUT2D eigenvalue weighted by atomic mass is 9.97. The molecule has 0 bridgehead atoms. The molecule has 1 aromatic carbocycles. The molecule has 6 heteroatoms. The molecule has 1 atom stereocenters. The Hall–Kier alpha value is -1.11. The maximum Gasteiger partial charge on any atom is 0.243 e. The van der Waals surface area contributed by atoms with Gasteiger partial charge in [0.25, 0.3) is 0 Å². The molecule has 0 amide bonds. The van der Waals surface area contributed by atoms with E-state index in [1.807, 2.05) is 6.92 Å². The molecule has 20 heavy (non-hydrogen) atoms. The number of rotatable bonds is 3. The van der Waals surface area contributed by atoms with Crippen LogP contribution < -0.4 is 5.73 Å². The first-order valence-electron chi connectivity index (χ1n) is 6.87. The largest absolute Gasteiger partial charge is 0.398 e. The van der Waals surface area contributed by atoms with Crippen molar-refractivity contribution >= 4 is 15.7 Å². The third kappa shape index (κ3) is 2.97. The van der Waals surface area contributed by atoms with Gasteiger partial charge in [0.15, 0.2) is 0 Å². The summed E-state index contributed by atoms with van der Waals surface area (Å²) in [6, 6.07) is 4.86. The fourth-order valence-electron chi connectivity index (χ4n) is 2.58. The quantitative estimate of drug-likeness (QED) is 0.826. The molecular weight excluding hydrogens is 276 g/mol. The number of nitrogen functional groups attached to an aromatic ring is 1. The van der Waals surface area contributed by atoms with Gasteiger partial charge < -0.3 is 10.8 Å². The molecule has 1 saturated heterocycles. The van der Waals surface area contributed by atoms with Gasteiger partial charge in [-0.15, -0.1) is 0 Å². The molecular formula is C14H22N2O3S. The molecule has 2 rings (SSSR count). The number of nitrogens with two attached hydrogens (primary N) is 1. The van der Waals surface area contributed by atoms with Gasteiger partial charge in [-0.25, -0.2) is 8.42 Å². The summed E-state index contributed by atoms with van der Waals surface area (Å²) in [5.41, 5.74) is 6.36. The van der Waals surface area contributed by atoms with E-state index in [1.54, 1.807) is 19.1 Å². The average Bonchev–Trinajstić information content (AvgIpc) is 2.37. The molecule has 0 aliphatic carbocycles. The van der Waals surface area contributed by atoms with Crippen molar-refractivity contribution in [2.24, 2.45) is 0 Å². The maximum atomic E-state index is 12.6. The Bertz CT molecular complexity index is 596. The minimum absolute atomic E-state index is 0.130. The van der Waals surface area contributed by atoms with E-state index in [1.165, 1.54) is 10.4 Å². The minimum Gasteiger partial charge on any atom is -0.398 e. The Labute approximate surface area is 120 Å². The Morgan fingerprint density at radius 3 is 2.70 bits per heavy atom. The van der Waals surface area contributed by atoms with Crippen molar-refractivity contribution in [1.82, 2.24) is 4.31 Å². The molecule has 0 saturated carbocycles. The van der Waals surface area contributed by atoms with E-state index in [9.17, 15) is 13.5 Å². The molecule has 1 unspecified atom stereocenters. The van der Waals surface area contributed by atoms with E-state index in [0.29, 0.717) is 25.1 Å². The Morgan fingerprint density at radius 2 is 2.15 bits per heavy atom. The van der Waals surface area contributed by atoms with Crippen LogP contribution in [0.5, 0.6) is 0 Å². The molecule has 1 fully saturated rings. The normalized spacial score (nSPS) is 24.8. The monoisotopic (exact) mass is 298 g/mol. The van der Waals surface area contributed by atoms with Crippen molar-refractivity contribution < 1.29 is 13.5 Å². The minimum atomic E-state index is -3.59. The first-order chi connectivity index (χ1) is 9.26. The highest BCUT2D eigenvalue weighted by Gasteiger charge is 2.35. The van der Waals surface area contributed by atoms with Crippen LogP contribution in [0.25, 0.3) is 0 Å². The van der Waals surface area contributed by atoms with Crippen LogP contribution in [0.1, 0.15) is 32.3 Å². The zero-order valence-corrected chi connectivity index (χ0v) is 12.8. The number of sulfonamides is 1. The van der Waals surface area contributed by atoms with E-state index in [-0.39, 0.29) is 11.4 Å². The summed E-state index contributed by atoms with van der Waals surface area (Å²) in [4.78, 5) is 0.199. The zero-order chi connectivity index (χ0) is 15.0. The van der Waals surface area contributed by atoms with Crippen molar-refractivity contribution in [2.45, 2.75) is 43.6 Å². The van der Waals surface area contributed by atoms with Crippen LogP contribution >= 0.6 is 0 Å². The van der Waals surface area contributed by atoms with Crippen LogP contribution in [0.15, 0.2) is 23.1 Å². The predicted molar refractivity (Wildman–Crippen MR) is 78.8 cm³/mol. The number of hydrogen-bond donors (Lipinski definition) is 2. The topological polar surface area (TPSA) is 83.6 Å². The molecule has 112 valence electrons. The number of anilines is 1. The highest BCUT2D eigenvalue weighted by atomic mass is 32.2. The van der Waals surface area contributed by atoms with Gasteiger partial charge in [-0.1, -0.05) is 13.0 Å². The maximum absolute atomic E-state index is 12.6. The summed E-state index contributed by atoms with van der Waals surface area (Å²) in [5.74, 6) is 0. The molecule has 1 heterocycles. The van der Waals surface area contributed by atoms with Gasteiger partial charge in [-0.05, 0) is 43.9 Å². The van der Waals surface area contributed by atoms with Gasteiger partial charge in [0, 0.05) is 18.8 Å². The van der Waals surface area contributed by atoms with E-state index in [0.717, 1.165) is 12.0 Å². The summed E-state index contributed by atoms with van der Waals surface area (Å²) in [5, 5.41) is 10.1. The van der Waals surface area contributed by atoms with Crippen molar-refractivity contribution in [3.63, 3.8) is 0 Å². The van der Waals surface area contributed by atoms with Crippen LogP contribution in [-0.2, 0) is 16.4 Å². The molecule has 0 aromatic heterocycles. The van der Waals surface area contributed by atoms with Crippen molar-refractivity contribution in [2.75, 3.05) is 18.8 Å². The highest BCUT2D eigenvalue weighted by Crippen LogP contribution is 2.27. The van der Waals surface area contributed by atoms with E-state index in [4.69, 9.17) is 5.73 Å². The SMILES string of the molecule is CCc1ccc(S(=O)(=O)N2CCCC(C)(O)C2)cc1N. The Kier molecular flexibility index (Phi) is 4.09. The summed E-state index contributed by atoms with van der Waals surface area (Å²) in [6.45, 7) is 4.21. The first kappa shape index (κ1) is 15.3. The van der Waals surface area contributed by atoms with Crippen LogP contribution in [-0.4, -0.2) is 36.5 Å². The van der Waals surface area contributed by atoms with E-state index in [2.05, 4.69) is 0 Å². The first-order valence-corrected chi connectivity index (χ1v) is 8.31. The molecule has 1 aromatic rings. The number of aliphatic hydroxyl groups is 1. The second-order valence-corrected chi connectivity index (χ2v) is 7.59. The van der Waals surface area contributed by atoms with Crippen molar-refractivity contribution in [1.29, 1.82) is 0 Å². The lowest BCUT2D eigenvalue weighted by Crippen LogP contribution is -2.48. The average molecular weight is 298 g/mol. The molecule has 0 radical (unpaired) electrons. The summed E-state index contributed by atoms with van der Waals surface area (Å²) < 4.78 is 26.5. The van der Waals surface area contributed by atoms with Crippen LogP contribution in [0, 0.1) is 0 Å². The number of benzene rings is 1. The molecule has 1 aliphatic heterocycles. The van der Waals surface area contributed by atoms with Crippen molar-refractivity contribution in [3.05, 3.63) is 23.8 Å². The Balaban J connectivity index is 2.33. The van der Waals surface area contributed by atoms with Gasteiger partial charge >= 0.3 is 0 Å². The summed E-state index contributed by atoms with van der Waals surface area (Å²) in [6.07, 6.45) is 2.05. The second kappa shape index (κ2) is 5.35. The standard InChI is InChI=1S/C14H22N2O3S/c1-3-11-5-6-12(9-13(11)15)20(18,19)16-8-4-7-14(2,17)10-16/h5-6,9,17H,3-4,7-8,10,15H2,1-2H3. The van der Waals surface area contributed by atoms with Crippen LogP contribution in [0.3, 0.4) is 0 Å². The smallest absolute Gasteiger partial charge is 0.243 e. The van der Waals surface area contributed by atoms with Gasteiger partial charge in [0.05, 0.1) is 10.5 Å². The summed E-state index contributed by atoms with van der Waals surface area (Å²) >= 11 is 0. The van der Waals surface area contributed by atoms with Crippen LogP contribution in [0.2, 0.25) is 0 Å². The number of nitrogens with zero attached hydrogens (tertiary/aromatic N) is 1. The number of hydrogen-bond acceptors (Lipinski definition) is 4. The van der Waals surface area contributed by atoms with E-state index < -0.39 is 15.6 Å². The zero-order valence-electron chi connectivity index (χ0n) is 12.0. The van der Waals surface area contributed by atoms with E-state index >= 15 is 0 Å². The van der Waals surface area contributed by atoms with Gasteiger partial charge in [0.1, 0.15) is 0 Å². The fraction of sp³-hybridized carbons (Fsp3) is 0.571. The highest BCUT2D eigenvalue weighted by molar-refractivity contribution is 7.89. The third-order valence-electron chi connectivity index (χ3n) is 3.78. The molecule has 0 spiro atoms. The second-order valence-electron chi connectivity index (χ2n) is 5.65. The van der Waals surface area contributed by atoms with Crippen molar-refractivity contribution in [3.8, 4) is 0 Å². The lowest BCUT2D eigenvalue weighted by Gasteiger charge is -2.36. The summed E-state index contributed by atoms with van der Waals surface area (Å²) in [7, 11) is -3.59. The predicted octanol–water partition coefficient (Wildman–Crippen LogP) is 1.37. The molecule has 3 N–H and O–H groups in total. The van der Waals surface area contributed by atoms with Gasteiger partial charge in [-0.2, -0.15) is 4.31 Å².